The lowest BCUT2D eigenvalue weighted by molar-refractivity contribution is -0.143. The van der Waals surface area contributed by atoms with Crippen molar-refractivity contribution in [1.29, 1.82) is 0 Å². The van der Waals surface area contributed by atoms with E-state index in [0.717, 1.165) is 0 Å². The van der Waals surface area contributed by atoms with Crippen molar-refractivity contribution < 1.29 is 58.7 Å². The smallest absolute Gasteiger partial charge is 0.481 e. The maximum atomic E-state index is 10.2. The molecule has 5 N–H and O–H groups in total. The number of carboxylic acids is 2. The van der Waals surface area contributed by atoms with Crippen LogP contribution in [0.5, 0.6) is 0 Å². The van der Waals surface area contributed by atoms with E-state index in [1.54, 1.807) is 0 Å². The van der Waals surface area contributed by atoms with Crippen molar-refractivity contribution in [3.63, 3.8) is 0 Å². The van der Waals surface area contributed by atoms with Crippen molar-refractivity contribution >= 4 is 52.0 Å². The van der Waals surface area contributed by atoms with E-state index in [-0.39, 0.29) is 0 Å². The zero-order chi connectivity index (χ0) is 17.6. The first kappa shape index (κ1) is 22.5. The summed E-state index contributed by atoms with van der Waals surface area (Å²) in [6.45, 7) is 0. The summed E-state index contributed by atoms with van der Waals surface area (Å²) in [5.74, 6) is -3.50. The van der Waals surface area contributed by atoms with Crippen molar-refractivity contribution in [3.05, 3.63) is 0 Å². The fourth-order valence-corrected chi connectivity index (χ4v) is 5.24. The first-order valence-corrected chi connectivity index (χ1v) is 11.5. The van der Waals surface area contributed by atoms with E-state index in [2.05, 4.69) is 0 Å². The summed E-state index contributed by atoms with van der Waals surface area (Å²) >= 11 is -2.38. The van der Waals surface area contributed by atoms with Crippen LogP contribution >= 0.6 is 0 Å². The second kappa shape index (κ2) is 8.00. The molecule has 0 saturated heterocycles. The fourth-order valence-electron chi connectivity index (χ4n) is 0.632. The summed E-state index contributed by atoms with van der Waals surface area (Å²) < 4.78 is 83.1. The van der Waals surface area contributed by atoms with Gasteiger partial charge in [-0.1, -0.05) is 0 Å². The Morgan fingerprint density at radius 1 is 0.857 bits per heavy atom. The molecule has 0 aromatic rings. The summed E-state index contributed by atoms with van der Waals surface area (Å²) in [7, 11) is -13.9. The Morgan fingerprint density at radius 2 is 1.19 bits per heavy atom. The Morgan fingerprint density at radius 3 is 1.24 bits per heavy atom. The van der Waals surface area contributed by atoms with Crippen molar-refractivity contribution in [2.24, 2.45) is 0 Å². The minimum Gasteiger partial charge on any atom is -0.481 e. The van der Waals surface area contributed by atoms with Gasteiger partial charge in [-0.25, -0.2) is 16.8 Å². The van der Waals surface area contributed by atoms with Gasteiger partial charge in [-0.15, -0.1) is 0 Å². The Labute approximate surface area is 122 Å². The topological polar surface area (TPSA) is 238 Å². The molecule has 0 bridgehead atoms. The van der Waals surface area contributed by atoms with Gasteiger partial charge in [-0.3, -0.25) is 14.1 Å². The molecule has 1 unspecified atom stereocenters. The molecule has 0 spiro atoms. The highest BCUT2D eigenvalue weighted by Gasteiger charge is 2.33. The minimum atomic E-state index is -4.84. The molecule has 123 valence electrons. The molecule has 0 saturated carbocycles. The fraction of sp³-hybridized carbons (Fsp3) is 0.500. The molecule has 1 radical (unpaired) electrons. The van der Waals surface area contributed by atoms with E-state index >= 15 is 0 Å². The SMILES string of the molecule is O=C(O)CC(C(=O)O)S(=O)(=O)O.O=[S](=O)(O)[Al][S](=O)(=O)O. The zero-order valence-electron chi connectivity index (χ0n) is 9.59. The third-order valence-corrected chi connectivity index (χ3v) is 8.65. The summed E-state index contributed by atoms with van der Waals surface area (Å²) in [6.07, 6.45) is -1.16. The van der Waals surface area contributed by atoms with Gasteiger partial charge in [0.15, 0.2) is 22.2 Å². The molecule has 0 aromatic carbocycles. The molecule has 0 fully saturated rings. The van der Waals surface area contributed by atoms with E-state index in [1.165, 1.54) is 0 Å². The molecule has 13 nitrogen and oxygen atoms in total. The average molecular weight is 387 g/mol. The van der Waals surface area contributed by atoms with E-state index in [4.69, 9.17) is 23.9 Å². The predicted octanol–water partition coefficient (Wildman–Crippen LogP) is -2.90. The second-order valence-corrected chi connectivity index (χ2v) is 12.8. The summed E-state index contributed by atoms with van der Waals surface area (Å²) in [5, 5.41) is 13.9. The number of carbonyl (C=O) groups is 2. The molecule has 0 aromatic heterocycles. The highest BCUT2D eigenvalue weighted by molar-refractivity contribution is 8.39. The molecule has 0 aliphatic heterocycles. The Hall–Kier alpha value is -0.798. The minimum absolute atomic E-state index is 1.16. The molecule has 0 aliphatic carbocycles. The quantitative estimate of drug-likeness (QED) is 0.227. The molecular weight excluding hydrogens is 379 g/mol. The van der Waals surface area contributed by atoms with Gasteiger partial charge in [0.1, 0.15) is 0 Å². The summed E-state index contributed by atoms with van der Waals surface area (Å²) in [5.41, 5.74) is 0. The van der Waals surface area contributed by atoms with Gasteiger partial charge in [0.25, 0.3) is 10.1 Å². The maximum absolute atomic E-state index is 10.2. The highest BCUT2D eigenvalue weighted by Crippen LogP contribution is 2.04. The largest absolute Gasteiger partial charge is 0.695 e. The molecule has 0 aliphatic rings. The number of hydrogen-bond donors (Lipinski definition) is 5. The maximum Gasteiger partial charge on any atom is 0.695 e. The van der Waals surface area contributed by atoms with Gasteiger partial charge < -0.3 is 19.3 Å². The normalized spacial score (nSPS) is 13.5. The number of rotatable bonds is 6. The number of aliphatic carboxylic acids is 2. The Balaban J connectivity index is 0. The molecule has 0 rings (SSSR count). The van der Waals surface area contributed by atoms with E-state index in [9.17, 15) is 34.8 Å². The standard InChI is InChI=1S/C4H6O7S.Al.2HO3S/c5-3(6)1-2(4(7)8)12(9,10)11;;2*1-4(2)3/h2H,1H2,(H,5,6)(H,7,8)(H,9,10,11);;2*(H,1,2,3). The van der Waals surface area contributed by atoms with Crippen molar-refractivity contribution in [2.75, 3.05) is 0 Å². The van der Waals surface area contributed by atoms with Crippen LogP contribution < -0.4 is 0 Å². The van der Waals surface area contributed by atoms with Crippen LogP contribution in [0.25, 0.3) is 0 Å². The summed E-state index contributed by atoms with van der Waals surface area (Å²) in [4.78, 5) is 20.0. The molecule has 0 heterocycles. The van der Waals surface area contributed by atoms with Crippen LogP contribution in [-0.4, -0.2) is 79.3 Å². The number of hydrogen-bond acceptors (Lipinski definition) is 8. The van der Waals surface area contributed by atoms with Crippen molar-refractivity contribution in [1.82, 2.24) is 0 Å². The van der Waals surface area contributed by atoms with Crippen molar-refractivity contribution in [3.8, 4) is 0 Å². The molecule has 21 heavy (non-hydrogen) atoms. The lowest BCUT2D eigenvalue weighted by Gasteiger charge is -2.04. The summed E-state index contributed by atoms with van der Waals surface area (Å²) in [6, 6.07) is 0. The van der Waals surface area contributed by atoms with Crippen LogP contribution in [-0.2, 0) is 36.7 Å². The van der Waals surface area contributed by atoms with Gasteiger partial charge >= 0.3 is 24.9 Å². The third-order valence-electron chi connectivity index (χ3n) is 1.24. The lowest BCUT2D eigenvalue weighted by Crippen LogP contribution is -2.31. The van der Waals surface area contributed by atoms with Crippen LogP contribution in [0.1, 0.15) is 6.42 Å². The van der Waals surface area contributed by atoms with E-state index in [1.807, 2.05) is 0 Å². The van der Waals surface area contributed by atoms with Crippen molar-refractivity contribution in [2.45, 2.75) is 11.7 Å². The first-order chi connectivity index (χ1) is 8.96. The van der Waals surface area contributed by atoms with Crippen LogP contribution in [0.15, 0.2) is 0 Å². The molecule has 0 amide bonds. The lowest BCUT2D eigenvalue weighted by atomic mass is 10.3. The van der Waals surface area contributed by atoms with Gasteiger partial charge in [0.05, 0.1) is 6.42 Å². The Bertz CT molecular complexity index is 654. The predicted molar refractivity (Wildman–Crippen MR) is 64.1 cm³/mol. The monoisotopic (exact) mass is 387 g/mol. The highest BCUT2D eigenvalue weighted by atomic mass is 32.5. The van der Waals surface area contributed by atoms with Gasteiger partial charge in [0, 0.05) is 0 Å². The molecular formula is C4H8AlO13S3. The van der Waals surface area contributed by atoms with Crippen LogP contribution in [0.2, 0.25) is 0 Å². The van der Waals surface area contributed by atoms with Gasteiger partial charge in [0.2, 0.25) is 0 Å². The van der Waals surface area contributed by atoms with E-state index < -0.39 is 63.7 Å². The van der Waals surface area contributed by atoms with E-state index in [0.29, 0.717) is 0 Å². The third kappa shape index (κ3) is 15.4. The first-order valence-electron chi connectivity index (χ1n) is 4.16. The Kier molecular flexibility index (Phi) is 8.56. The van der Waals surface area contributed by atoms with Crippen LogP contribution in [0, 0.1) is 0 Å². The van der Waals surface area contributed by atoms with Gasteiger partial charge in [-0.05, 0) is 0 Å². The average Bonchev–Trinajstić information content (AvgIpc) is 2.05. The second-order valence-electron chi connectivity index (χ2n) is 3.07. The van der Waals surface area contributed by atoms with Crippen LogP contribution in [0.3, 0.4) is 0 Å². The zero-order valence-corrected chi connectivity index (χ0v) is 13.2. The molecule has 17 heteroatoms. The van der Waals surface area contributed by atoms with Crippen LogP contribution in [0.4, 0.5) is 0 Å². The van der Waals surface area contributed by atoms with Gasteiger partial charge in [-0.2, -0.15) is 8.42 Å². The molecule has 1 atom stereocenters. The number of carboxylic acid groups (broad SMARTS) is 2.